The van der Waals surface area contributed by atoms with E-state index in [9.17, 15) is 14.7 Å². The minimum absolute atomic E-state index is 0.00773. The van der Waals surface area contributed by atoms with Crippen molar-refractivity contribution < 1.29 is 14.7 Å². The van der Waals surface area contributed by atoms with Gasteiger partial charge in [0, 0.05) is 10.4 Å². The maximum atomic E-state index is 12.4. The van der Waals surface area contributed by atoms with Crippen molar-refractivity contribution in [2.45, 2.75) is 19.3 Å². The Morgan fingerprint density at radius 1 is 1.33 bits per heavy atom. The molecule has 1 heterocycles. The fraction of sp³-hybridized carbons (Fsp3) is 0.467. The standard InChI is InChI=1S/C15H17BrN2O3/c16-11-3-1-2-9(14(20)21)12(11)18-13(19)10-8-15(10)4-6-17-7-5-15/h1-3,10,17H,4-8H2,(H,18,19)(H,20,21). The number of amides is 1. The lowest BCUT2D eigenvalue weighted by atomic mass is 9.91. The van der Waals surface area contributed by atoms with E-state index < -0.39 is 5.97 Å². The lowest BCUT2D eigenvalue weighted by Crippen LogP contribution is -2.31. The van der Waals surface area contributed by atoms with Crippen LogP contribution in [0.1, 0.15) is 29.6 Å². The highest BCUT2D eigenvalue weighted by atomic mass is 79.9. The van der Waals surface area contributed by atoms with Gasteiger partial charge < -0.3 is 15.7 Å². The van der Waals surface area contributed by atoms with Crippen LogP contribution in [0.2, 0.25) is 0 Å². The first-order valence-corrected chi connectivity index (χ1v) is 7.86. The van der Waals surface area contributed by atoms with E-state index in [0.717, 1.165) is 32.4 Å². The van der Waals surface area contributed by atoms with Crippen LogP contribution in [-0.2, 0) is 4.79 Å². The molecule has 1 saturated heterocycles. The fourth-order valence-corrected chi connectivity index (χ4v) is 3.70. The van der Waals surface area contributed by atoms with E-state index in [0.29, 0.717) is 10.2 Å². The van der Waals surface area contributed by atoms with Crippen molar-refractivity contribution in [1.29, 1.82) is 0 Å². The zero-order valence-corrected chi connectivity index (χ0v) is 13.1. The Balaban J connectivity index is 1.76. The number of carbonyl (C=O) groups is 2. The molecule has 1 atom stereocenters. The van der Waals surface area contributed by atoms with Gasteiger partial charge in [-0.3, -0.25) is 4.79 Å². The molecule has 1 aliphatic heterocycles. The van der Waals surface area contributed by atoms with Crippen LogP contribution in [0.25, 0.3) is 0 Å². The number of carboxylic acid groups (broad SMARTS) is 1. The van der Waals surface area contributed by atoms with E-state index in [2.05, 4.69) is 26.6 Å². The summed E-state index contributed by atoms with van der Waals surface area (Å²) in [4.78, 5) is 23.7. The van der Waals surface area contributed by atoms with E-state index in [1.807, 2.05) is 0 Å². The molecule has 3 N–H and O–H groups in total. The van der Waals surface area contributed by atoms with Gasteiger partial charge in [0.05, 0.1) is 11.3 Å². The molecule has 1 spiro atoms. The first-order chi connectivity index (χ1) is 10.0. The summed E-state index contributed by atoms with van der Waals surface area (Å²) in [6.45, 7) is 1.92. The molecule has 112 valence electrons. The molecule has 3 rings (SSSR count). The van der Waals surface area contributed by atoms with E-state index in [1.54, 1.807) is 12.1 Å². The van der Waals surface area contributed by atoms with E-state index >= 15 is 0 Å². The molecule has 0 bridgehead atoms. The summed E-state index contributed by atoms with van der Waals surface area (Å²) in [6.07, 6.45) is 2.95. The summed E-state index contributed by atoms with van der Waals surface area (Å²) in [5, 5.41) is 15.3. The molecule has 21 heavy (non-hydrogen) atoms. The number of hydrogen-bond acceptors (Lipinski definition) is 3. The molecule has 0 radical (unpaired) electrons. The number of benzene rings is 1. The molecule has 1 amide bonds. The first-order valence-electron chi connectivity index (χ1n) is 7.07. The highest BCUT2D eigenvalue weighted by molar-refractivity contribution is 9.10. The Labute approximate surface area is 131 Å². The van der Waals surface area contributed by atoms with Crippen LogP contribution in [0.15, 0.2) is 22.7 Å². The third-order valence-corrected chi connectivity index (χ3v) is 5.26. The monoisotopic (exact) mass is 352 g/mol. The molecular weight excluding hydrogens is 336 g/mol. The summed E-state index contributed by atoms with van der Waals surface area (Å²) < 4.78 is 0.593. The predicted molar refractivity (Wildman–Crippen MR) is 82.4 cm³/mol. The number of para-hydroxylation sites is 1. The largest absolute Gasteiger partial charge is 0.478 e. The van der Waals surface area contributed by atoms with Gasteiger partial charge in [-0.05, 0) is 65.8 Å². The number of carboxylic acids is 1. The Hall–Kier alpha value is -1.40. The van der Waals surface area contributed by atoms with Gasteiger partial charge in [0.1, 0.15) is 0 Å². The van der Waals surface area contributed by atoms with Crippen molar-refractivity contribution in [2.75, 3.05) is 18.4 Å². The van der Waals surface area contributed by atoms with Crippen molar-refractivity contribution in [3.05, 3.63) is 28.2 Å². The third kappa shape index (κ3) is 2.70. The second kappa shape index (κ2) is 5.42. The van der Waals surface area contributed by atoms with Crippen molar-refractivity contribution in [1.82, 2.24) is 5.32 Å². The smallest absolute Gasteiger partial charge is 0.337 e. The normalized spacial score (nSPS) is 22.8. The number of piperidine rings is 1. The zero-order valence-electron chi connectivity index (χ0n) is 11.5. The maximum Gasteiger partial charge on any atom is 0.337 e. The molecule has 2 fully saturated rings. The number of nitrogens with one attached hydrogen (secondary N) is 2. The molecule has 1 saturated carbocycles. The topological polar surface area (TPSA) is 78.4 Å². The van der Waals surface area contributed by atoms with Crippen molar-refractivity contribution in [3.8, 4) is 0 Å². The number of rotatable bonds is 3. The van der Waals surface area contributed by atoms with Gasteiger partial charge in [-0.2, -0.15) is 0 Å². The van der Waals surface area contributed by atoms with Crippen LogP contribution in [-0.4, -0.2) is 30.1 Å². The van der Waals surface area contributed by atoms with Crippen LogP contribution in [0.3, 0.4) is 0 Å². The molecule has 5 nitrogen and oxygen atoms in total. The van der Waals surface area contributed by atoms with Gasteiger partial charge in [0.2, 0.25) is 5.91 Å². The summed E-state index contributed by atoms with van der Waals surface area (Å²) >= 11 is 3.31. The average Bonchev–Trinajstić information content (AvgIpc) is 3.15. The van der Waals surface area contributed by atoms with Gasteiger partial charge in [0.25, 0.3) is 0 Å². The van der Waals surface area contributed by atoms with Crippen LogP contribution in [0.4, 0.5) is 5.69 Å². The summed E-state index contributed by atoms with van der Waals surface area (Å²) in [6, 6.07) is 4.87. The van der Waals surface area contributed by atoms with E-state index in [4.69, 9.17) is 0 Å². The van der Waals surface area contributed by atoms with E-state index in [-0.39, 0.29) is 22.8 Å². The van der Waals surface area contributed by atoms with Gasteiger partial charge in [-0.15, -0.1) is 0 Å². The Morgan fingerprint density at radius 3 is 2.71 bits per heavy atom. The van der Waals surface area contributed by atoms with Gasteiger partial charge >= 0.3 is 5.97 Å². The zero-order chi connectivity index (χ0) is 15.0. The van der Waals surface area contributed by atoms with Gasteiger partial charge in [-0.1, -0.05) is 6.07 Å². The highest BCUT2D eigenvalue weighted by Gasteiger charge is 2.57. The minimum atomic E-state index is -1.04. The van der Waals surface area contributed by atoms with Gasteiger partial charge in [0.15, 0.2) is 0 Å². The second-order valence-electron chi connectivity index (χ2n) is 5.83. The quantitative estimate of drug-likeness (QED) is 0.780. The SMILES string of the molecule is O=C(O)c1cccc(Br)c1NC(=O)C1CC12CCNCC2. The summed E-state index contributed by atoms with van der Waals surface area (Å²) in [7, 11) is 0. The minimum Gasteiger partial charge on any atom is -0.478 e. The fourth-order valence-electron chi connectivity index (χ4n) is 3.24. The summed E-state index contributed by atoms with van der Waals surface area (Å²) in [5.41, 5.74) is 0.601. The number of aromatic carboxylic acids is 1. The molecule has 1 unspecified atom stereocenters. The second-order valence-corrected chi connectivity index (χ2v) is 6.68. The highest BCUT2D eigenvalue weighted by Crippen LogP contribution is 2.58. The van der Waals surface area contributed by atoms with Crippen LogP contribution in [0, 0.1) is 11.3 Å². The average molecular weight is 353 g/mol. The predicted octanol–water partition coefficient (Wildman–Crippen LogP) is 2.48. The Kier molecular flexibility index (Phi) is 3.75. The van der Waals surface area contributed by atoms with Crippen molar-refractivity contribution in [2.24, 2.45) is 11.3 Å². The number of anilines is 1. The molecule has 1 aromatic rings. The summed E-state index contributed by atoms with van der Waals surface area (Å²) in [5.74, 6) is -1.10. The van der Waals surface area contributed by atoms with Gasteiger partial charge in [-0.25, -0.2) is 4.79 Å². The van der Waals surface area contributed by atoms with Crippen LogP contribution < -0.4 is 10.6 Å². The van der Waals surface area contributed by atoms with Crippen molar-refractivity contribution >= 4 is 33.5 Å². The number of carbonyl (C=O) groups excluding carboxylic acids is 1. The molecule has 1 aliphatic carbocycles. The van der Waals surface area contributed by atoms with Crippen molar-refractivity contribution in [3.63, 3.8) is 0 Å². The third-order valence-electron chi connectivity index (χ3n) is 4.60. The maximum absolute atomic E-state index is 12.4. The van der Waals surface area contributed by atoms with Crippen LogP contribution >= 0.6 is 15.9 Å². The molecular formula is C15H17BrN2O3. The lowest BCUT2D eigenvalue weighted by molar-refractivity contribution is -0.118. The molecule has 0 aromatic heterocycles. The van der Waals surface area contributed by atoms with Crippen LogP contribution in [0.5, 0.6) is 0 Å². The Bertz CT molecular complexity index is 597. The Morgan fingerprint density at radius 2 is 2.05 bits per heavy atom. The molecule has 2 aliphatic rings. The molecule has 1 aromatic carbocycles. The lowest BCUT2D eigenvalue weighted by Gasteiger charge is -2.23. The van der Waals surface area contributed by atoms with E-state index in [1.165, 1.54) is 6.07 Å². The number of hydrogen-bond donors (Lipinski definition) is 3. The number of halogens is 1. The first kappa shape index (κ1) is 14.5. The molecule has 6 heteroatoms.